The number of methoxy groups -OCH3 is 1. The minimum Gasteiger partial charge on any atom is -0.507 e. The molecule has 31 heavy (non-hydrogen) atoms. The smallest absolute Gasteiger partial charge is 0.347 e. The summed E-state index contributed by atoms with van der Waals surface area (Å²) in [4.78, 5) is 13.1. The number of hydrogen-bond acceptors (Lipinski definition) is 5. The quantitative estimate of drug-likeness (QED) is 0.333. The van der Waals surface area contributed by atoms with Crippen LogP contribution in [0.5, 0.6) is 23.0 Å². The molecule has 0 saturated carbocycles. The number of ether oxygens (including phenoxy) is 3. The van der Waals surface area contributed by atoms with Crippen LogP contribution in [0.25, 0.3) is 0 Å². The van der Waals surface area contributed by atoms with Crippen LogP contribution < -0.4 is 14.2 Å². The van der Waals surface area contributed by atoms with Crippen molar-refractivity contribution in [3.63, 3.8) is 0 Å². The summed E-state index contributed by atoms with van der Waals surface area (Å²) in [5.74, 6) is 0.983. The van der Waals surface area contributed by atoms with Gasteiger partial charge in [0, 0.05) is 11.6 Å². The lowest BCUT2D eigenvalue weighted by molar-refractivity contribution is 0.0727. The van der Waals surface area contributed by atoms with Gasteiger partial charge in [0.05, 0.1) is 11.6 Å². The molecule has 1 N–H and O–H groups in total. The lowest BCUT2D eigenvalue weighted by Gasteiger charge is -2.18. The molecule has 0 radical (unpaired) electrons. The fourth-order valence-corrected chi connectivity index (χ4v) is 3.87. The van der Waals surface area contributed by atoms with Gasteiger partial charge < -0.3 is 19.3 Å². The average Bonchev–Trinajstić information content (AvgIpc) is 2.77. The summed E-state index contributed by atoms with van der Waals surface area (Å²) in [6, 6.07) is 13.3. The number of phenols is 1. The molecule has 162 valence electrons. The Labute approximate surface area is 190 Å². The molecular formula is C25H25BrO5. The number of aryl methyl sites for hydroxylation is 1. The summed E-state index contributed by atoms with van der Waals surface area (Å²) in [5.41, 5.74) is 4.00. The number of halogens is 1. The molecule has 0 fully saturated rings. The highest BCUT2D eigenvalue weighted by atomic mass is 79.9. The van der Waals surface area contributed by atoms with Gasteiger partial charge in [-0.1, -0.05) is 30.3 Å². The van der Waals surface area contributed by atoms with Gasteiger partial charge in [-0.2, -0.15) is 0 Å². The third-order valence-corrected chi connectivity index (χ3v) is 6.24. The van der Waals surface area contributed by atoms with Gasteiger partial charge in [-0.05, 0) is 71.9 Å². The molecule has 0 unspecified atom stereocenters. The van der Waals surface area contributed by atoms with Gasteiger partial charge in [0.1, 0.15) is 35.2 Å². The highest BCUT2D eigenvalue weighted by molar-refractivity contribution is 9.10. The minimum atomic E-state index is -0.544. The molecular weight excluding hydrogens is 460 g/mol. The monoisotopic (exact) mass is 484 g/mol. The summed E-state index contributed by atoms with van der Waals surface area (Å²) in [5, 5.41) is 10.2. The third-order valence-electron chi connectivity index (χ3n) is 5.28. The van der Waals surface area contributed by atoms with Crippen LogP contribution in [-0.4, -0.2) is 18.2 Å². The third kappa shape index (κ3) is 4.69. The van der Waals surface area contributed by atoms with Crippen molar-refractivity contribution < 1.29 is 24.1 Å². The van der Waals surface area contributed by atoms with Gasteiger partial charge in [0.25, 0.3) is 0 Å². The Kier molecular flexibility index (Phi) is 6.91. The molecule has 3 aromatic rings. The lowest BCUT2D eigenvalue weighted by atomic mass is 10.0. The molecule has 0 saturated heterocycles. The van der Waals surface area contributed by atoms with Gasteiger partial charge in [0.2, 0.25) is 0 Å². The van der Waals surface area contributed by atoms with Crippen LogP contribution in [0.4, 0.5) is 0 Å². The molecule has 0 aromatic heterocycles. The van der Waals surface area contributed by atoms with E-state index in [-0.39, 0.29) is 5.75 Å². The van der Waals surface area contributed by atoms with Crippen molar-refractivity contribution in [2.24, 2.45) is 0 Å². The van der Waals surface area contributed by atoms with Crippen LogP contribution in [0.3, 0.4) is 0 Å². The fraction of sp³-hybridized carbons (Fsp3) is 0.240. The standard InChI is InChI=1S/C25H25BrO5/c1-14-11-19(30-13-18-9-7-6-8-10-18)12-20(29-5)21(14)25(28)31-24-16(3)15(2)23(27)17(4)22(24)26/h6-12,27H,13H2,1-5H3. The zero-order valence-corrected chi connectivity index (χ0v) is 19.8. The Morgan fingerprint density at radius 1 is 1.00 bits per heavy atom. The van der Waals surface area contributed by atoms with Crippen molar-refractivity contribution in [1.29, 1.82) is 0 Å². The van der Waals surface area contributed by atoms with E-state index in [2.05, 4.69) is 15.9 Å². The first-order chi connectivity index (χ1) is 14.7. The largest absolute Gasteiger partial charge is 0.507 e. The molecule has 3 rings (SSSR count). The normalized spacial score (nSPS) is 10.6. The molecule has 3 aromatic carbocycles. The van der Waals surface area contributed by atoms with Crippen molar-refractivity contribution in [3.8, 4) is 23.0 Å². The van der Waals surface area contributed by atoms with E-state index in [0.717, 1.165) is 5.56 Å². The second-order valence-electron chi connectivity index (χ2n) is 7.35. The first-order valence-electron chi connectivity index (χ1n) is 9.80. The van der Waals surface area contributed by atoms with Gasteiger partial charge in [-0.25, -0.2) is 4.79 Å². The van der Waals surface area contributed by atoms with Crippen LogP contribution in [0, 0.1) is 27.7 Å². The molecule has 0 bridgehead atoms. The maximum Gasteiger partial charge on any atom is 0.347 e. The Morgan fingerprint density at radius 3 is 2.32 bits per heavy atom. The van der Waals surface area contributed by atoms with E-state index in [9.17, 15) is 9.90 Å². The van der Waals surface area contributed by atoms with E-state index in [4.69, 9.17) is 14.2 Å². The highest BCUT2D eigenvalue weighted by Gasteiger charge is 2.24. The number of benzene rings is 3. The number of carbonyl (C=O) groups is 1. The zero-order valence-electron chi connectivity index (χ0n) is 18.2. The lowest BCUT2D eigenvalue weighted by Crippen LogP contribution is -2.14. The number of phenolic OH excluding ortho intramolecular Hbond substituents is 1. The van der Waals surface area contributed by atoms with Crippen LogP contribution in [0.2, 0.25) is 0 Å². The molecule has 0 aliphatic carbocycles. The van der Waals surface area contributed by atoms with Gasteiger partial charge in [0.15, 0.2) is 0 Å². The van der Waals surface area contributed by atoms with Crippen molar-refractivity contribution in [3.05, 3.63) is 80.3 Å². The average molecular weight is 485 g/mol. The number of carbonyl (C=O) groups excluding carboxylic acids is 1. The molecule has 0 spiro atoms. The van der Waals surface area contributed by atoms with E-state index >= 15 is 0 Å². The first kappa shape index (κ1) is 22.7. The second kappa shape index (κ2) is 9.43. The summed E-state index contributed by atoms with van der Waals surface area (Å²) in [7, 11) is 1.50. The first-order valence-corrected chi connectivity index (χ1v) is 10.6. The number of rotatable bonds is 6. The van der Waals surface area contributed by atoms with Crippen molar-refractivity contribution in [2.75, 3.05) is 7.11 Å². The summed E-state index contributed by atoms with van der Waals surface area (Å²) in [6.07, 6.45) is 0. The minimum absolute atomic E-state index is 0.179. The number of hydrogen-bond donors (Lipinski definition) is 1. The molecule has 0 atom stereocenters. The Balaban J connectivity index is 1.90. The van der Waals surface area contributed by atoms with Crippen molar-refractivity contribution >= 4 is 21.9 Å². The number of esters is 1. The summed E-state index contributed by atoms with van der Waals surface area (Å²) in [6.45, 7) is 7.56. The predicted octanol–water partition coefficient (Wildman–Crippen LogP) is 6.20. The molecule has 0 heterocycles. The SMILES string of the molecule is COc1cc(OCc2ccccc2)cc(C)c1C(=O)Oc1c(C)c(C)c(O)c(C)c1Br. The molecule has 6 heteroatoms. The predicted molar refractivity (Wildman–Crippen MR) is 123 cm³/mol. The molecule has 0 aliphatic heterocycles. The van der Waals surface area contributed by atoms with Crippen molar-refractivity contribution in [1.82, 2.24) is 0 Å². The van der Waals surface area contributed by atoms with Crippen LogP contribution in [0.15, 0.2) is 46.9 Å². The van der Waals surface area contributed by atoms with E-state index in [1.807, 2.05) is 37.3 Å². The van der Waals surface area contributed by atoms with Gasteiger partial charge in [-0.3, -0.25) is 0 Å². The molecule has 0 aliphatic rings. The maximum absolute atomic E-state index is 13.1. The summed E-state index contributed by atoms with van der Waals surface area (Å²) >= 11 is 3.44. The Morgan fingerprint density at radius 2 is 1.68 bits per heavy atom. The second-order valence-corrected chi connectivity index (χ2v) is 8.14. The summed E-state index contributed by atoms with van der Waals surface area (Å²) < 4.78 is 17.7. The number of aromatic hydroxyl groups is 1. The Hall–Kier alpha value is -2.99. The Bertz CT molecular complexity index is 1090. The van der Waals surface area contributed by atoms with Crippen molar-refractivity contribution in [2.45, 2.75) is 34.3 Å². The molecule has 0 amide bonds. The zero-order chi connectivity index (χ0) is 22.7. The molecule has 5 nitrogen and oxygen atoms in total. The van der Waals surface area contributed by atoms with Crippen LogP contribution >= 0.6 is 15.9 Å². The van der Waals surface area contributed by atoms with Gasteiger partial charge in [-0.15, -0.1) is 0 Å². The van der Waals surface area contributed by atoms with E-state index < -0.39 is 5.97 Å². The van der Waals surface area contributed by atoms with E-state index in [0.29, 0.717) is 56.1 Å². The van der Waals surface area contributed by atoms with E-state index in [1.165, 1.54) is 7.11 Å². The van der Waals surface area contributed by atoms with Gasteiger partial charge >= 0.3 is 5.97 Å². The van der Waals surface area contributed by atoms with Crippen LogP contribution in [0.1, 0.15) is 38.2 Å². The fourth-order valence-electron chi connectivity index (χ4n) is 3.30. The topological polar surface area (TPSA) is 65.0 Å². The van der Waals surface area contributed by atoms with E-state index in [1.54, 1.807) is 32.9 Å². The highest BCUT2D eigenvalue weighted by Crippen LogP contribution is 2.41. The maximum atomic E-state index is 13.1. The van der Waals surface area contributed by atoms with Crippen LogP contribution in [-0.2, 0) is 6.61 Å².